The van der Waals surface area contributed by atoms with Crippen LogP contribution < -0.4 is 15.1 Å². The van der Waals surface area contributed by atoms with Crippen LogP contribution in [0.1, 0.15) is 88.2 Å². The van der Waals surface area contributed by atoms with Gasteiger partial charge in [0.2, 0.25) is 11.9 Å². The lowest BCUT2D eigenvalue weighted by Crippen LogP contribution is -2.32. The molecular formula is C37H44F6N8O. The molecule has 3 heterocycles. The number of fused-ring (bicyclic) bond motifs is 1. The lowest BCUT2D eigenvalue weighted by molar-refractivity contribution is -0.143. The van der Waals surface area contributed by atoms with Crippen molar-refractivity contribution in [3.05, 3.63) is 64.6 Å². The van der Waals surface area contributed by atoms with Gasteiger partial charge < -0.3 is 15.1 Å². The first-order valence-corrected chi connectivity index (χ1v) is 17.6. The Morgan fingerprint density at radius 2 is 1.42 bits per heavy atom. The fourth-order valence-electron chi connectivity index (χ4n) is 6.11. The minimum absolute atomic E-state index is 0.0134. The molecule has 52 heavy (non-hydrogen) atoms. The summed E-state index contributed by atoms with van der Waals surface area (Å²) >= 11 is 0. The van der Waals surface area contributed by atoms with Crippen molar-refractivity contribution in [2.24, 2.45) is 17.8 Å². The van der Waals surface area contributed by atoms with Gasteiger partial charge in [0, 0.05) is 43.0 Å². The van der Waals surface area contributed by atoms with Crippen LogP contribution in [0.2, 0.25) is 0 Å². The number of benzene rings is 1. The summed E-state index contributed by atoms with van der Waals surface area (Å²) in [6, 6.07) is 3.56. The van der Waals surface area contributed by atoms with Crippen molar-refractivity contribution in [1.82, 2.24) is 24.7 Å². The molecule has 4 aromatic rings. The van der Waals surface area contributed by atoms with Crippen LogP contribution >= 0.6 is 0 Å². The number of nitrogens with zero attached hydrogens (tertiary/aromatic N) is 7. The van der Waals surface area contributed by atoms with Crippen molar-refractivity contribution in [3.63, 3.8) is 0 Å². The minimum Gasteiger partial charge on any atom is -0.356 e. The van der Waals surface area contributed by atoms with Gasteiger partial charge in [-0.05, 0) is 95.0 Å². The van der Waals surface area contributed by atoms with E-state index in [0.29, 0.717) is 34.6 Å². The average molecular weight is 731 g/mol. The highest BCUT2D eigenvalue weighted by Crippen LogP contribution is 2.40. The highest BCUT2D eigenvalue weighted by atomic mass is 19.4. The Labute approximate surface area is 298 Å². The standard InChI is InChI=1S/C37H44F6N8O/c1-21(2)33(52)46-29-15-44-34(45-16-29)50(19-25-11-27(36(38,39)40)14-28(12-25)37(41,42)43)20-26-13-30-22(3)48-51(35(4,5)6)32(30)47-31(26)49(17-23-7-8-23)18-24-9-10-24/h11-16,21,23-24H,7-10,17-20H2,1-6H3,(H,46,52). The molecule has 15 heteroatoms. The van der Waals surface area contributed by atoms with Crippen LogP contribution in [-0.2, 0) is 35.8 Å². The first-order valence-electron chi connectivity index (χ1n) is 17.6. The average Bonchev–Trinajstić information content (AvgIpc) is 3.99. The van der Waals surface area contributed by atoms with Gasteiger partial charge in [0.15, 0.2) is 5.65 Å². The van der Waals surface area contributed by atoms with Crippen LogP contribution in [0.15, 0.2) is 36.7 Å². The number of hydrogen-bond donors (Lipinski definition) is 1. The molecule has 280 valence electrons. The summed E-state index contributed by atoms with van der Waals surface area (Å²) in [5.74, 6) is 1.19. The van der Waals surface area contributed by atoms with Gasteiger partial charge in [0.1, 0.15) is 5.82 Å². The monoisotopic (exact) mass is 730 g/mol. The van der Waals surface area contributed by atoms with Gasteiger partial charge in [0.25, 0.3) is 0 Å². The summed E-state index contributed by atoms with van der Waals surface area (Å²) in [5, 5.41) is 8.31. The summed E-state index contributed by atoms with van der Waals surface area (Å²) < 4.78 is 85.4. The van der Waals surface area contributed by atoms with Crippen molar-refractivity contribution >= 4 is 34.4 Å². The zero-order chi connectivity index (χ0) is 37.7. The lowest BCUT2D eigenvalue weighted by Gasteiger charge is -2.30. The van der Waals surface area contributed by atoms with E-state index in [-0.39, 0.29) is 48.0 Å². The van der Waals surface area contributed by atoms with E-state index < -0.39 is 23.5 Å². The first kappa shape index (κ1) is 37.3. The molecule has 9 nitrogen and oxygen atoms in total. The van der Waals surface area contributed by atoms with E-state index in [1.807, 2.05) is 38.4 Å². The molecule has 2 saturated carbocycles. The zero-order valence-electron chi connectivity index (χ0n) is 30.2. The summed E-state index contributed by atoms with van der Waals surface area (Å²) in [6.45, 7) is 12.7. The molecule has 0 bridgehead atoms. The molecule has 1 aromatic carbocycles. The Balaban J connectivity index is 1.48. The number of amides is 1. The van der Waals surface area contributed by atoms with Gasteiger partial charge in [-0.3, -0.25) is 4.79 Å². The van der Waals surface area contributed by atoms with Gasteiger partial charge >= 0.3 is 12.4 Å². The molecule has 2 aliphatic carbocycles. The maximum Gasteiger partial charge on any atom is 0.416 e. The number of alkyl halides is 6. The van der Waals surface area contributed by atoms with Crippen molar-refractivity contribution in [1.29, 1.82) is 0 Å². The van der Waals surface area contributed by atoms with Gasteiger partial charge in [-0.15, -0.1) is 0 Å². The molecule has 0 unspecified atom stereocenters. The number of rotatable bonds is 12. The molecule has 2 fully saturated rings. The molecule has 0 spiro atoms. The smallest absolute Gasteiger partial charge is 0.356 e. The van der Waals surface area contributed by atoms with E-state index in [2.05, 4.69) is 20.2 Å². The van der Waals surface area contributed by atoms with Gasteiger partial charge in [0.05, 0.1) is 40.4 Å². The highest BCUT2D eigenvalue weighted by molar-refractivity contribution is 5.91. The summed E-state index contributed by atoms with van der Waals surface area (Å²) in [7, 11) is 0. The molecule has 1 amide bonds. The quantitative estimate of drug-likeness (QED) is 0.146. The van der Waals surface area contributed by atoms with Crippen LogP contribution in [0.25, 0.3) is 11.0 Å². The topological polar surface area (TPSA) is 92.1 Å². The molecule has 0 atom stereocenters. The normalized spacial score (nSPS) is 15.4. The Hall–Kier alpha value is -4.43. The number of aromatic nitrogens is 5. The van der Waals surface area contributed by atoms with E-state index in [1.54, 1.807) is 18.7 Å². The summed E-state index contributed by atoms with van der Waals surface area (Å²) in [6.07, 6.45) is -2.85. The predicted molar refractivity (Wildman–Crippen MR) is 187 cm³/mol. The number of halogens is 6. The molecule has 2 aliphatic rings. The summed E-state index contributed by atoms with van der Waals surface area (Å²) in [5.41, 5.74) is -0.962. The van der Waals surface area contributed by atoms with Crippen LogP contribution in [-0.4, -0.2) is 43.7 Å². The fourth-order valence-corrected chi connectivity index (χ4v) is 6.11. The third-order valence-corrected chi connectivity index (χ3v) is 9.28. The number of nitrogens with one attached hydrogen (secondary N) is 1. The van der Waals surface area contributed by atoms with E-state index in [1.165, 1.54) is 12.4 Å². The molecule has 3 aromatic heterocycles. The fraction of sp³-hybridized carbons (Fsp3) is 0.541. The minimum atomic E-state index is -5.01. The van der Waals surface area contributed by atoms with E-state index >= 15 is 0 Å². The van der Waals surface area contributed by atoms with E-state index in [0.717, 1.165) is 62.0 Å². The number of carbonyl (C=O) groups excluding carboxylic acids is 1. The highest BCUT2D eigenvalue weighted by Gasteiger charge is 2.38. The molecule has 0 saturated heterocycles. The van der Waals surface area contributed by atoms with Crippen molar-refractivity contribution in [3.8, 4) is 0 Å². The Bertz CT molecular complexity index is 1880. The molecular weight excluding hydrogens is 686 g/mol. The van der Waals surface area contributed by atoms with E-state index in [9.17, 15) is 31.1 Å². The van der Waals surface area contributed by atoms with Crippen LogP contribution in [0.5, 0.6) is 0 Å². The second-order valence-corrected chi connectivity index (χ2v) is 15.5. The second kappa shape index (κ2) is 13.8. The molecule has 0 aliphatic heterocycles. The van der Waals surface area contributed by atoms with Gasteiger partial charge in [-0.2, -0.15) is 31.4 Å². The Kier molecular flexibility index (Phi) is 9.94. The third kappa shape index (κ3) is 8.77. The SMILES string of the molecule is Cc1nn(C(C)(C)C)c2nc(N(CC3CC3)CC3CC3)c(CN(Cc3cc(C(F)(F)F)cc(C(F)(F)F)c3)c3ncc(NC(=O)C(C)C)cn3)cc12. The number of aryl methyl sites for hydroxylation is 1. The molecule has 6 rings (SSSR count). The number of hydrogen-bond acceptors (Lipinski definition) is 7. The van der Waals surface area contributed by atoms with Crippen molar-refractivity contribution < 1.29 is 31.1 Å². The van der Waals surface area contributed by atoms with Crippen molar-refractivity contribution in [2.75, 3.05) is 28.2 Å². The molecule has 1 N–H and O–H groups in total. The third-order valence-electron chi connectivity index (χ3n) is 9.28. The second-order valence-electron chi connectivity index (χ2n) is 15.5. The largest absolute Gasteiger partial charge is 0.416 e. The Morgan fingerprint density at radius 1 is 0.865 bits per heavy atom. The van der Waals surface area contributed by atoms with Crippen LogP contribution in [0, 0.1) is 24.7 Å². The number of pyridine rings is 1. The zero-order valence-corrected chi connectivity index (χ0v) is 30.2. The van der Waals surface area contributed by atoms with Crippen molar-refractivity contribution in [2.45, 2.75) is 98.2 Å². The number of carbonyl (C=O) groups is 1. The summed E-state index contributed by atoms with van der Waals surface area (Å²) in [4.78, 5) is 30.3. The van der Waals surface area contributed by atoms with Gasteiger partial charge in [-0.25, -0.2) is 19.6 Å². The molecule has 0 radical (unpaired) electrons. The first-order chi connectivity index (χ1) is 24.3. The van der Waals surface area contributed by atoms with Crippen LogP contribution in [0.3, 0.4) is 0 Å². The maximum absolute atomic E-state index is 13.9. The maximum atomic E-state index is 13.9. The van der Waals surface area contributed by atoms with Gasteiger partial charge in [-0.1, -0.05) is 13.8 Å². The lowest BCUT2D eigenvalue weighted by atomic mass is 10.0. The number of anilines is 3. The van der Waals surface area contributed by atoms with E-state index in [4.69, 9.17) is 10.1 Å². The van der Waals surface area contributed by atoms with Crippen LogP contribution in [0.4, 0.5) is 43.8 Å². The Morgan fingerprint density at radius 3 is 1.90 bits per heavy atom. The predicted octanol–water partition coefficient (Wildman–Crippen LogP) is 8.75.